The molecule has 3 rings (SSSR count). The molecule has 36 heavy (non-hydrogen) atoms. The summed E-state index contributed by atoms with van der Waals surface area (Å²) in [7, 11) is 0. The van der Waals surface area contributed by atoms with Crippen LogP contribution in [0.4, 0.5) is 13.2 Å². The van der Waals surface area contributed by atoms with Crippen molar-refractivity contribution in [3.05, 3.63) is 71.3 Å². The van der Waals surface area contributed by atoms with Crippen LogP contribution in [0.2, 0.25) is 0 Å². The highest BCUT2D eigenvalue weighted by atomic mass is 19.4. The van der Waals surface area contributed by atoms with Gasteiger partial charge in [0.1, 0.15) is 11.3 Å². The summed E-state index contributed by atoms with van der Waals surface area (Å²) in [5.41, 5.74) is 2.33. The summed E-state index contributed by atoms with van der Waals surface area (Å²) in [6, 6.07) is 13.8. The predicted octanol–water partition coefficient (Wildman–Crippen LogP) is 6.57. The summed E-state index contributed by atoms with van der Waals surface area (Å²) >= 11 is 0. The van der Waals surface area contributed by atoms with Crippen LogP contribution >= 0.6 is 0 Å². The number of rotatable bonds is 9. The van der Waals surface area contributed by atoms with Gasteiger partial charge in [-0.25, -0.2) is 0 Å². The molecule has 0 aromatic heterocycles. The summed E-state index contributed by atoms with van der Waals surface area (Å²) in [5.74, 6) is -0.938. The first-order chi connectivity index (χ1) is 16.8. The average Bonchev–Trinajstić information content (AvgIpc) is 2.81. The maximum atomic E-state index is 13.8. The van der Waals surface area contributed by atoms with Gasteiger partial charge in [0, 0.05) is 0 Å². The first-order valence-corrected chi connectivity index (χ1v) is 12.1. The normalized spacial score (nSPS) is 17.9. The van der Waals surface area contributed by atoms with E-state index in [1.807, 2.05) is 51.1 Å². The lowest BCUT2D eigenvalue weighted by atomic mass is 9.98. The molecule has 198 valence electrons. The van der Waals surface area contributed by atoms with Gasteiger partial charge >= 0.3 is 6.18 Å². The van der Waals surface area contributed by atoms with E-state index < -0.39 is 28.7 Å². The second-order valence-corrected chi connectivity index (χ2v) is 10.5. The van der Waals surface area contributed by atoms with E-state index in [-0.39, 0.29) is 25.6 Å². The van der Waals surface area contributed by atoms with Crippen LogP contribution in [0, 0.1) is 0 Å². The first kappa shape index (κ1) is 28.2. The minimum absolute atomic E-state index is 0.178. The molecule has 1 fully saturated rings. The monoisotopic (exact) mass is 507 g/mol. The van der Waals surface area contributed by atoms with Gasteiger partial charge in [-0.15, -0.1) is 0 Å². The van der Waals surface area contributed by atoms with Gasteiger partial charge < -0.3 is 14.2 Å². The van der Waals surface area contributed by atoms with Crippen molar-refractivity contribution in [2.24, 2.45) is 0 Å². The van der Waals surface area contributed by atoms with Gasteiger partial charge in [0.2, 0.25) is 0 Å². The molecule has 0 aliphatic carbocycles. The highest BCUT2D eigenvalue weighted by molar-refractivity contribution is 5.55. The maximum absolute atomic E-state index is 13.8. The quantitative estimate of drug-likeness (QED) is 0.307. The molecule has 0 saturated carbocycles. The van der Waals surface area contributed by atoms with Crippen molar-refractivity contribution >= 4 is 6.08 Å². The van der Waals surface area contributed by atoms with Crippen LogP contribution in [0.5, 0.6) is 5.75 Å². The van der Waals surface area contributed by atoms with E-state index in [4.69, 9.17) is 19.0 Å². The molecule has 0 bridgehead atoms. The zero-order chi connectivity index (χ0) is 26.5. The van der Waals surface area contributed by atoms with Crippen molar-refractivity contribution in [1.29, 1.82) is 0 Å². The van der Waals surface area contributed by atoms with Crippen molar-refractivity contribution in [2.45, 2.75) is 70.6 Å². The van der Waals surface area contributed by atoms with E-state index in [0.29, 0.717) is 12.0 Å². The number of nitrogens with one attached hydrogen (secondary N) is 1. The molecule has 1 aliphatic heterocycles. The van der Waals surface area contributed by atoms with Crippen molar-refractivity contribution in [3.63, 3.8) is 0 Å². The fourth-order valence-corrected chi connectivity index (χ4v) is 3.49. The molecule has 0 spiro atoms. The number of aryl methyl sites for hydroxylation is 1. The lowest BCUT2D eigenvalue weighted by Crippen LogP contribution is -2.59. The Morgan fingerprint density at radius 1 is 1.00 bits per heavy atom. The number of benzene rings is 2. The van der Waals surface area contributed by atoms with E-state index in [0.717, 1.165) is 18.1 Å². The standard InChI is InChI=1S/C28H36F3NO4/c1-25(2,3)36-32-27(19-34-26(4,5)35-20-27)16-15-22-13-14-24(23(18-22)28(29,30)31)33-17-9-12-21-10-7-6-8-11-21/h6-8,10-11,13-16,18,32H,9,12,17,19-20H2,1-5H3/b16-15+. The zero-order valence-corrected chi connectivity index (χ0v) is 21.6. The third kappa shape index (κ3) is 8.62. The van der Waals surface area contributed by atoms with Crippen molar-refractivity contribution in [3.8, 4) is 5.75 Å². The van der Waals surface area contributed by atoms with Gasteiger partial charge in [-0.1, -0.05) is 48.6 Å². The molecular formula is C28H36F3NO4. The van der Waals surface area contributed by atoms with Gasteiger partial charge in [-0.05, 0) is 70.7 Å². The van der Waals surface area contributed by atoms with Crippen LogP contribution < -0.4 is 10.2 Å². The third-order valence-electron chi connectivity index (χ3n) is 5.53. The molecule has 1 saturated heterocycles. The molecule has 1 aliphatic rings. The minimum Gasteiger partial charge on any atom is -0.493 e. The summed E-state index contributed by atoms with van der Waals surface area (Å²) in [6.07, 6.45) is 0.129. The SMILES string of the molecule is CC(C)(C)ONC1(/C=C/c2ccc(OCCCc3ccccc3)c(C(F)(F)F)c2)COC(C)(C)OC1. The van der Waals surface area contributed by atoms with Gasteiger partial charge in [0.05, 0.1) is 31.0 Å². The Hall–Kier alpha value is -2.39. The maximum Gasteiger partial charge on any atom is 0.419 e. The average molecular weight is 508 g/mol. The topological polar surface area (TPSA) is 49.0 Å². The first-order valence-electron chi connectivity index (χ1n) is 12.1. The molecule has 2 aromatic rings. The van der Waals surface area contributed by atoms with E-state index >= 15 is 0 Å². The van der Waals surface area contributed by atoms with E-state index in [1.165, 1.54) is 6.07 Å². The van der Waals surface area contributed by atoms with E-state index in [1.54, 1.807) is 32.1 Å². The fourth-order valence-electron chi connectivity index (χ4n) is 3.49. The third-order valence-corrected chi connectivity index (χ3v) is 5.53. The van der Waals surface area contributed by atoms with E-state index in [9.17, 15) is 13.2 Å². The lowest BCUT2D eigenvalue weighted by molar-refractivity contribution is -0.281. The number of ether oxygens (including phenoxy) is 3. The van der Waals surface area contributed by atoms with Crippen LogP contribution in [0.15, 0.2) is 54.6 Å². The molecule has 0 radical (unpaired) electrons. The second kappa shape index (κ2) is 11.3. The Morgan fingerprint density at radius 2 is 1.67 bits per heavy atom. The van der Waals surface area contributed by atoms with Crippen LogP contribution in [0.3, 0.4) is 0 Å². The predicted molar refractivity (Wildman–Crippen MR) is 133 cm³/mol. The fraction of sp³-hybridized carbons (Fsp3) is 0.500. The highest BCUT2D eigenvalue weighted by Crippen LogP contribution is 2.37. The Morgan fingerprint density at radius 3 is 2.28 bits per heavy atom. The summed E-state index contributed by atoms with van der Waals surface area (Å²) in [4.78, 5) is 5.75. The summed E-state index contributed by atoms with van der Waals surface area (Å²) < 4.78 is 58.6. The summed E-state index contributed by atoms with van der Waals surface area (Å²) in [5, 5.41) is 0. The number of hydroxylamine groups is 1. The Bertz CT molecular complexity index is 1000. The van der Waals surface area contributed by atoms with Crippen LogP contribution in [0.25, 0.3) is 6.08 Å². The molecule has 0 atom stereocenters. The van der Waals surface area contributed by atoms with Crippen molar-refractivity contribution < 1.29 is 32.2 Å². The van der Waals surface area contributed by atoms with Crippen LogP contribution in [0.1, 0.15) is 57.7 Å². The highest BCUT2D eigenvalue weighted by Gasteiger charge is 2.40. The Balaban J connectivity index is 1.73. The molecule has 5 nitrogen and oxygen atoms in total. The van der Waals surface area contributed by atoms with Gasteiger partial charge in [-0.2, -0.15) is 18.7 Å². The largest absolute Gasteiger partial charge is 0.493 e. The smallest absolute Gasteiger partial charge is 0.419 e. The van der Waals surface area contributed by atoms with Gasteiger partial charge in [-0.3, -0.25) is 4.84 Å². The second-order valence-electron chi connectivity index (χ2n) is 10.5. The van der Waals surface area contributed by atoms with Crippen molar-refractivity contribution in [1.82, 2.24) is 5.48 Å². The van der Waals surface area contributed by atoms with Crippen molar-refractivity contribution in [2.75, 3.05) is 19.8 Å². The number of alkyl halides is 3. The Labute approximate surface area is 211 Å². The zero-order valence-electron chi connectivity index (χ0n) is 21.6. The van der Waals surface area contributed by atoms with Gasteiger partial charge in [0.15, 0.2) is 5.79 Å². The van der Waals surface area contributed by atoms with Gasteiger partial charge in [0.25, 0.3) is 0 Å². The molecule has 1 N–H and O–H groups in total. The number of hydrogen-bond donors (Lipinski definition) is 1. The number of hydrogen-bond acceptors (Lipinski definition) is 5. The lowest BCUT2D eigenvalue weighted by Gasteiger charge is -2.43. The minimum atomic E-state index is -4.55. The Kier molecular flexibility index (Phi) is 8.88. The molecule has 0 unspecified atom stereocenters. The molecule has 8 heteroatoms. The molecule has 2 aromatic carbocycles. The van der Waals surface area contributed by atoms with E-state index in [2.05, 4.69) is 5.48 Å². The molecule has 1 heterocycles. The molecular weight excluding hydrogens is 471 g/mol. The molecule has 0 amide bonds. The summed E-state index contributed by atoms with van der Waals surface area (Å²) in [6.45, 7) is 9.91. The van der Waals surface area contributed by atoms with Crippen LogP contribution in [-0.4, -0.2) is 36.7 Å². The number of halogens is 3. The van der Waals surface area contributed by atoms with Crippen LogP contribution in [-0.2, 0) is 26.9 Å².